The topological polar surface area (TPSA) is 25.4 Å². The molecule has 0 saturated carbocycles. The summed E-state index contributed by atoms with van der Waals surface area (Å²) in [4.78, 5) is 6.25. The maximum atomic E-state index is 5.67. The standard InChI is InChI=1S/C11H17ClN2O/c1-3-14(4-2)7-8-15-10-5-6-11(12)13-9-10/h5-6,9H,3-4,7-8H2,1-2H3. The smallest absolute Gasteiger partial charge is 0.137 e. The molecule has 0 aliphatic heterocycles. The summed E-state index contributed by atoms with van der Waals surface area (Å²) in [5, 5.41) is 0.492. The van der Waals surface area contributed by atoms with Crippen molar-refractivity contribution in [1.29, 1.82) is 0 Å². The van der Waals surface area contributed by atoms with E-state index >= 15 is 0 Å². The van der Waals surface area contributed by atoms with Crippen molar-refractivity contribution >= 4 is 11.6 Å². The number of ether oxygens (including phenoxy) is 1. The van der Waals surface area contributed by atoms with E-state index in [0.717, 1.165) is 25.4 Å². The minimum absolute atomic E-state index is 0.492. The first-order chi connectivity index (χ1) is 7.26. The first kappa shape index (κ1) is 12.3. The van der Waals surface area contributed by atoms with Gasteiger partial charge in [0.1, 0.15) is 17.5 Å². The molecule has 0 amide bonds. The molecule has 0 aliphatic rings. The first-order valence-electron chi connectivity index (χ1n) is 5.23. The molecule has 0 aromatic carbocycles. The molecular weight excluding hydrogens is 212 g/mol. The number of hydrogen-bond acceptors (Lipinski definition) is 3. The summed E-state index contributed by atoms with van der Waals surface area (Å²) in [6.45, 7) is 8.03. The van der Waals surface area contributed by atoms with Crippen molar-refractivity contribution in [3.8, 4) is 5.75 Å². The van der Waals surface area contributed by atoms with Crippen molar-refractivity contribution in [2.24, 2.45) is 0 Å². The Morgan fingerprint density at radius 1 is 1.33 bits per heavy atom. The van der Waals surface area contributed by atoms with Crippen molar-refractivity contribution < 1.29 is 4.74 Å². The molecule has 0 radical (unpaired) electrons. The minimum Gasteiger partial charge on any atom is -0.491 e. The fourth-order valence-electron chi connectivity index (χ4n) is 1.28. The highest BCUT2D eigenvalue weighted by Crippen LogP contribution is 2.11. The van der Waals surface area contributed by atoms with Crippen LogP contribution < -0.4 is 4.74 Å². The third-order valence-electron chi connectivity index (χ3n) is 2.27. The summed E-state index contributed by atoms with van der Waals surface area (Å²) in [6.07, 6.45) is 1.64. The number of hydrogen-bond donors (Lipinski definition) is 0. The fourth-order valence-corrected chi connectivity index (χ4v) is 1.39. The molecule has 0 bridgehead atoms. The average molecular weight is 229 g/mol. The summed E-state index contributed by atoms with van der Waals surface area (Å²) in [5.41, 5.74) is 0. The molecule has 0 unspecified atom stereocenters. The molecule has 0 fully saturated rings. The molecule has 15 heavy (non-hydrogen) atoms. The summed E-state index contributed by atoms with van der Waals surface area (Å²) in [5.74, 6) is 0.770. The van der Waals surface area contributed by atoms with E-state index in [9.17, 15) is 0 Å². The van der Waals surface area contributed by atoms with Crippen LogP contribution in [0.25, 0.3) is 0 Å². The van der Waals surface area contributed by atoms with Gasteiger partial charge in [0.05, 0.1) is 6.20 Å². The van der Waals surface area contributed by atoms with Crippen molar-refractivity contribution in [3.63, 3.8) is 0 Å². The van der Waals surface area contributed by atoms with E-state index in [2.05, 4.69) is 23.7 Å². The fraction of sp³-hybridized carbons (Fsp3) is 0.545. The Morgan fingerprint density at radius 3 is 2.60 bits per heavy atom. The van der Waals surface area contributed by atoms with Gasteiger partial charge < -0.3 is 9.64 Å². The third-order valence-corrected chi connectivity index (χ3v) is 2.49. The Balaban J connectivity index is 2.28. The van der Waals surface area contributed by atoms with Crippen LogP contribution in [0.4, 0.5) is 0 Å². The monoisotopic (exact) mass is 228 g/mol. The number of aromatic nitrogens is 1. The summed E-state index contributed by atoms with van der Waals surface area (Å²) < 4.78 is 5.53. The summed E-state index contributed by atoms with van der Waals surface area (Å²) in [6, 6.07) is 3.56. The Kier molecular flexibility index (Phi) is 5.43. The molecule has 3 nitrogen and oxygen atoms in total. The van der Waals surface area contributed by atoms with E-state index in [1.54, 1.807) is 12.3 Å². The Labute approximate surface area is 96.0 Å². The van der Waals surface area contributed by atoms with Crippen molar-refractivity contribution in [2.45, 2.75) is 13.8 Å². The van der Waals surface area contributed by atoms with Crippen LogP contribution in [0.3, 0.4) is 0 Å². The maximum absolute atomic E-state index is 5.67. The van der Waals surface area contributed by atoms with E-state index in [0.29, 0.717) is 11.8 Å². The average Bonchev–Trinajstić information content (AvgIpc) is 2.27. The van der Waals surface area contributed by atoms with Crippen LogP contribution in [-0.2, 0) is 0 Å². The molecule has 1 rings (SSSR count). The zero-order chi connectivity index (χ0) is 11.1. The van der Waals surface area contributed by atoms with Crippen LogP contribution in [0, 0.1) is 0 Å². The normalized spacial score (nSPS) is 10.7. The van der Waals surface area contributed by atoms with E-state index in [1.165, 1.54) is 0 Å². The lowest BCUT2D eigenvalue weighted by molar-refractivity contribution is 0.222. The second-order valence-electron chi connectivity index (χ2n) is 3.19. The number of pyridine rings is 1. The van der Waals surface area contributed by atoms with Gasteiger partial charge in [0.15, 0.2) is 0 Å². The van der Waals surface area contributed by atoms with Crippen LogP contribution in [-0.4, -0.2) is 36.1 Å². The Bertz CT molecular complexity index is 272. The van der Waals surface area contributed by atoms with Crippen molar-refractivity contribution in [1.82, 2.24) is 9.88 Å². The first-order valence-corrected chi connectivity index (χ1v) is 5.60. The quantitative estimate of drug-likeness (QED) is 0.700. The van der Waals surface area contributed by atoms with Crippen LogP contribution in [0.1, 0.15) is 13.8 Å². The van der Waals surface area contributed by atoms with Gasteiger partial charge in [-0.2, -0.15) is 0 Å². The molecule has 0 saturated heterocycles. The van der Waals surface area contributed by atoms with Gasteiger partial charge in [-0.1, -0.05) is 25.4 Å². The highest BCUT2D eigenvalue weighted by atomic mass is 35.5. The Morgan fingerprint density at radius 2 is 2.07 bits per heavy atom. The number of likely N-dealkylation sites (N-methyl/N-ethyl adjacent to an activating group) is 1. The Hall–Kier alpha value is -0.800. The molecule has 1 aromatic rings. The van der Waals surface area contributed by atoms with E-state index in [4.69, 9.17) is 16.3 Å². The van der Waals surface area contributed by atoms with Gasteiger partial charge in [-0.05, 0) is 25.2 Å². The van der Waals surface area contributed by atoms with Gasteiger partial charge in [0.2, 0.25) is 0 Å². The van der Waals surface area contributed by atoms with Gasteiger partial charge in [-0.15, -0.1) is 0 Å². The lowest BCUT2D eigenvalue weighted by atomic mass is 10.4. The molecule has 1 aromatic heterocycles. The van der Waals surface area contributed by atoms with Crippen molar-refractivity contribution in [3.05, 3.63) is 23.5 Å². The van der Waals surface area contributed by atoms with Crippen LogP contribution >= 0.6 is 11.6 Å². The molecule has 1 heterocycles. The third kappa shape index (κ3) is 4.49. The molecular formula is C11H17ClN2O. The predicted molar refractivity (Wildman–Crippen MR) is 62.5 cm³/mol. The summed E-state index contributed by atoms with van der Waals surface area (Å²) in [7, 11) is 0. The van der Waals surface area contributed by atoms with E-state index in [1.807, 2.05) is 6.07 Å². The second-order valence-corrected chi connectivity index (χ2v) is 3.58. The summed E-state index contributed by atoms with van der Waals surface area (Å²) >= 11 is 5.67. The predicted octanol–water partition coefficient (Wildman–Crippen LogP) is 2.46. The highest BCUT2D eigenvalue weighted by molar-refractivity contribution is 6.29. The largest absolute Gasteiger partial charge is 0.491 e. The number of halogens is 1. The molecule has 4 heteroatoms. The van der Waals surface area contributed by atoms with Gasteiger partial charge >= 0.3 is 0 Å². The van der Waals surface area contributed by atoms with Crippen LogP contribution in [0.2, 0.25) is 5.15 Å². The van der Waals surface area contributed by atoms with E-state index < -0.39 is 0 Å². The maximum Gasteiger partial charge on any atom is 0.137 e. The second kappa shape index (κ2) is 6.64. The molecule has 0 atom stereocenters. The zero-order valence-corrected chi connectivity index (χ0v) is 10.00. The van der Waals surface area contributed by atoms with Crippen LogP contribution in [0.5, 0.6) is 5.75 Å². The van der Waals surface area contributed by atoms with Gasteiger partial charge in [-0.3, -0.25) is 0 Å². The van der Waals surface area contributed by atoms with Gasteiger partial charge in [0, 0.05) is 6.54 Å². The van der Waals surface area contributed by atoms with Gasteiger partial charge in [-0.25, -0.2) is 4.98 Å². The van der Waals surface area contributed by atoms with Gasteiger partial charge in [0.25, 0.3) is 0 Å². The highest BCUT2D eigenvalue weighted by Gasteiger charge is 1.99. The SMILES string of the molecule is CCN(CC)CCOc1ccc(Cl)nc1. The number of nitrogens with zero attached hydrogens (tertiary/aromatic N) is 2. The molecule has 0 spiro atoms. The number of rotatable bonds is 6. The van der Waals surface area contributed by atoms with E-state index in [-0.39, 0.29) is 0 Å². The molecule has 0 aliphatic carbocycles. The lowest BCUT2D eigenvalue weighted by Crippen LogP contribution is -2.27. The van der Waals surface area contributed by atoms with Crippen molar-refractivity contribution in [2.75, 3.05) is 26.2 Å². The minimum atomic E-state index is 0.492. The molecule has 0 N–H and O–H groups in total. The van der Waals surface area contributed by atoms with Crippen LogP contribution in [0.15, 0.2) is 18.3 Å². The lowest BCUT2D eigenvalue weighted by Gasteiger charge is -2.17. The zero-order valence-electron chi connectivity index (χ0n) is 9.24. The molecule has 84 valence electrons.